The van der Waals surface area contributed by atoms with Gasteiger partial charge in [0.15, 0.2) is 0 Å². The first-order valence-electron chi connectivity index (χ1n) is 10.0. The van der Waals surface area contributed by atoms with E-state index in [0.29, 0.717) is 18.9 Å². The highest BCUT2D eigenvalue weighted by atomic mass is 79.9. The highest BCUT2D eigenvalue weighted by molar-refractivity contribution is 9.10. The van der Waals surface area contributed by atoms with E-state index in [1.807, 2.05) is 49.9 Å². The molecule has 6 heteroatoms. The summed E-state index contributed by atoms with van der Waals surface area (Å²) in [5.74, 6) is 1.47. The van der Waals surface area contributed by atoms with Gasteiger partial charge in [-0.2, -0.15) is 0 Å². The molecular formula is C22H28BrNO4. The summed E-state index contributed by atoms with van der Waals surface area (Å²) in [7, 11) is 0. The van der Waals surface area contributed by atoms with Crippen molar-refractivity contribution in [1.29, 1.82) is 0 Å². The molecule has 2 fully saturated rings. The van der Waals surface area contributed by atoms with Gasteiger partial charge < -0.3 is 14.2 Å². The van der Waals surface area contributed by atoms with Crippen LogP contribution in [0.25, 0.3) is 0 Å². The number of likely N-dealkylation sites (tertiary alicyclic amines) is 1. The van der Waals surface area contributed by atoms with Crippen LogP contribution in [0.1, 0.15) is 52.0 Å². The quantitative estimate of drug-likeness (QED) is 0.621. The maximum absolute atomic E-state index is 13.1. The highest BCUT2D eigenvalue weighted by Crippen LogP contribution is 2.47. The van der Waals surface area contributed by atoms with Crippen molar-refractivity contribution in [3.05, 3.63) is 40.6 Å². The lowest BCUT2D eigenvalue weighted by atomic mass is 9.78. The Morgan fingerprint density at radius 3 is 2.82 bits per heavy atom. The Morgan fingerprint density at radius 1 is 1.32 bits per heavy atom. The maximum Gasteiger partial charge on any atom is 0.411 e. The molecule has 0 aromatic heterocycles. The second kappa shape index (κ2) is 7.38. The number of halogens is 1. The van der Waals surface area contributed by atoms with Crippen molar-refractivity contribution in [1.82, 2.24) is 4.90 Å². The fourth-order valence-corrected chi connectivity index (χ4v) is 4.32. The molecule has 0 radical (unpaired) electrons. The first-order chi connectivity index (χ1) is 13.3. The molecule has 2 heterocycles. The van der Waals surface area contributed by atoms with Crippen LogP contribution in [0.3, 0.4) is 0 Å². The molecule has 0 N–H and O–H groups in total. The predicted molar refractivity (Wildman–Crippen MR) is 110 cm³/mol. The molecule has 4 rings (SSSR count). The van der Waals surface area contributed by atoms with Crippen LogP contribution in [-0.4, -0.2) is 35.8 Å². The zero-order valence-corrected chi connectivity index (χ0v) is 18.3. The van der Waals surface area contributed by atoms with E-state index in [4.69, 9.17) is 14.2 Å². The van der Waals surface area contributed by atoms with Crippen molar-refractivity contribution in [2.24, 2.45) is 5.92 Å². The van der Waals surface area contributed by atoms with Gasteiger partial charge in [0, 0.05) is 29.6 Å². The molecule has 2 aliphatic heterocycles. The van der Waals surface area contributed by atoms with Gasteiger partial charge in [0.2, 0.25) is 0 Å². The number of nitrogens with zero attached hydrogens (tertiary/aromatic N) is 1. The average molecular weight is 450 g/mol. The standard InChI is InChI=1S/C22H28BrNO4/c1-21(2,3)28-20(25)24-10-8-17(27-14-15-4-5-15)13-22(24)9-11-26-19-12-16(23)6-7-18(19)22/h6-7,9,11-12,15,17H,4-5,8,10,13-14H2,1-3H3/t17?,22-/m1/s1. The molecule has 2 atom stereocenters. The molecule has 1 saturated carbocycles. The van der Waals surface area contributed by atoms with E-state index in [9.17, 15) is 4.79 Å². The second-order valence-corrected chi connectivity index (χ2v) is 9.92. The molecule has 1 spiro atoms. The summed E-state index contributed by atoms with van der Waals surface area (Å²) in [5.41, 5.74) is -0.193. The van der Waals surface area contributed by atoms with Crippen LogP contribution in [0, 0.1) is 5.92 Å². The molecule has 1 aliphatic carbocycles. The molecule has 5 nitrogen and oxygen atoms in total. The summed E-state index contributed by atoms with van der Waals surface area (Å²) >= 11 is 3.51. The van der Waals surface area contributed by atoms with E-state index >= 15 is 0 Å². The van der Waals surface area contributed by atoms with E-state index in [1.165, 1.54) is 12.8 Å². The SMILES string of the molecule is CC(C)(C)OC(=O)N1CCC(OCC2CC2)C[C@@]12C=COc1cc(Br)ccc12. The third-order valence-electron chi connectivity index (χ3n) is 5.52. The topological polar surface area (TPSA) is 48.0 Å². The summed E-state index contributed by atoms with van der Waals surface area (Å²) in [6.45, 7) is 7.10. The summed E-state index contributed by atoms with van der Waals surface area (Å²) in [6, 6.07) is 5.97. The lowest BCUT2D eigenvalue weighted by Gasteiger charge is -2.49. The average Bonchev–Trinajstić information content (AvgIpc) is 3.43. The Balaban J connectivity index is 1.67. The van der Waals surface area contributed by atoms with E-state index < -0.39 is 11.1 Å². The molecule has 0 bridgehead atoms. The number of amides is 1. The van der Waals surface area contributed by atoms with E-state index in [-0.39, 0.29) is 12.2 Å². The molecule has 1 aromatic rings. The Morgan fingerprint density at radius 2 is 2.11 bits per heavy atom. The Kier molecular flexibility index (Phi) is 5.21. The van der Waals surface area contributed by atoms with Gasteiger partial charge in [-0.05, 0) is 64.2 Å². The number of ether oxygens (including phenoxy) is 3. The predicted octanol–water partition coefficient (Wildman–Crippen LogP) is 5.38. The van der Waals surface area contributed by atoms with Crippen LogP contribution in [0.5, 0.6) is 5.75 Å². The van der Waals surface area contributed by atoms with Gasteiger partial charge in [0.05, 0.1) is 17.9 Å². The number of carbonyl (C=O) groups is 1. The number of piperidine rings is 1. The summed E-state index contributed by atoms with van der Waals surface area (Å²) in [5, 5.41) is 0. The van der Waals surface area contributed by atoms with Crippen molar-refractivity contribution in [2.45, 2.75) is 63.7 Å². The van der Waals surface area contributed by atoms with Crippen molar-refractivity contribution in [3.8, 4) is 5.75 Å². The van der Waals surface area contributed by atoms with Gasteiger partial charge in [-0.15, -0.1) is 0 Å². The molecule has 28 heavy (non-hydrogen) atoms. The molecular weight excluding hydrogens is 422 g/mol. The summed E-state index contributed by atoms with van der Waals surface area (Å²) < 4.78 is 18.7. The highest BCUT2D eigenvalue weighted by Gasteiger charge is 2.49. The Labute approximate surface area is 175 Å². The first kappa shape index (κ1) is 19.8. The number of carbonyl (C=O) groups excluding carboxylic acids is 1. The van der Waals surface area contributed by atoms with Crippen molar-refractivity contribution in [3.63, 3.8) is 0 Å². The van der Waals surface area contributed by atoms with Crippen LogP contribution in [0.15, 0.2) is 35.0 Å². The number of hydrogen-bond acceptors (Lipinski definition) is 4. The largest absolute Gasteiger partial charge is 0.465 e. The molecule has 152 valence electrons. The fourth-order valence-electron chi connectivity index (χ4n) is 3.98. The van der Waals surface area contributed by atoms with Gasteiger partial charge in [0.1, 0.15) is 11.4 Å². The minimum Gasteiger partial charge on any atom is -0.465 e. The van der Waals surface area contributed by atoms with Gasteiger partial charge in [-0.25, -0.2) is 4.79 Å². The normalized spacial score (nSPS) is 26.7. The Hall–Kier alpha value is -1.53. The van der Waals surface area contributed by atoms with E-state index in [2.05, 4.69) is 15.9 Å². The van der Waals surface area contributed by atoms with Crippen LogP contribution in [0.4, 0.5) is 4.79 Å². The van der Waals surface area contributed by atoms with Crippen LogP contribution < -0.4 is 4.74 Å². The Bertz CT molecular complexity index is 783. The van der Waals surface area contributed by atoms with Gasteiger partial charge in [-0.1, -0.05) is 22.0 Å². The lowest BCUT2D eigenvalue weighted by Crippen LogP contribution is -2.56. The number of benzene rings is 1. The minimum atomic E-state index is -0.622. The third kappa shape index (κ3) is 4.08. The maximum atomic E-state index is 13.1. The zero-order chi connectivity index (χ0) is 19.9. The summed E-state index contributed by atoms with van der Waals surface area (Å²) in [4.78, 5) is 15.0. The number of fused-ring (bicyclic) bond motifs is 2. The monoisotopic (exact) mass is 449 g/mol. The molecule has 3 aliphatic rings. The third-order valence-corrected chi connectivity index (χ3v) is 6.02. The number of hydrogen-bond donors (Lipinski definition) is 0. The van der Waals surface area contributed by atoms with Crippen molar-refractivity contribution in [2.75, 3.05) is 13.2 Å². The number of rotatable bonds is 3. The van der Waals surface area contributed by atoms with Gasteiger partial charge >= 0.3 is 6.09 Å². The first-order valence-corrected chi connectivity index (χ1v) is 10.8. The molecule has 1 amide bonds. The molecule has 1 unspecified atom stereocenters. The van der Waals surface area contributed by atoms with Gasteiger partial charge in [0.25, 0.3) is 0 Å². The van der Waals surface area contributed by atoms with Crippen LogP contribution in [-0.2, 0) is 15.0 Å². The van der Waals surface area contributed by atoms with Crippen LogP contribution >= 0.6 is 15.9 Å². The minimum absolute atomic E-state index is 0.110. The van der Waals surface area contributed by atoms with Crippen molar-refractivity contribution < 1.29 is 19.0 Å². The second-order valence-electron chi connectivity index (χ2n) is 9.01. The zero-order valence-electron chi connectivity index (χ0n) is 16.7. The summed E-state index contributed by atoms with van der Waals surface area (Å²) in [6.07, 6.45) is 7.54. The van der Waals surface area contributed by atoms with Crippen LogP contribution in [0.2, 0.25) is 0 Å². The molecule has 1 aromatic carbocycles. The van der Waals surface area contributed by atoms with E-state index in [1.54, 1.807) is 6.26 Å². The lowest BCUT2D eigenvalue weighted by molar-refractivity contribution is -0.0561. The van der Waals surface area contributed by atoms with E-state index in [0.717, 1.165) is 28.8 Å². The smallest absolute Gasteiger partial charge is 0.411 e. The van der Waals surface area contributed by atoms with Crippen molar-refractivity contribution >= 4 is 22.0 Å². The molecule has 1 saturated heterocycles. The fraction of sp³-hybridized carbons (Fsp3) is 0.591. The van der Waals surface area contributed by atoms with Gasteiger partial charge in [-0.3, -0.25) is 4.90 Å².